The van der Waals surface area contributed by atoms with E-state index in [1.165, 1.54) is 6.92 Å². The zero-order valence-electron chi connectivity index (χ0n) is 23.1. The van der Waals surface area contributed by atoms with Crippen LogP contribution in [0.1, 0.15) is 39.0 Å². The van der Waals surface area contributed by atoms with Gasteiger partial charge in [0.15, 0.2) is 5.96 Å². The van der Waals surface area contributed by atoms with Crippen LogP contribution in [0.2, 0.25) is 0 Å². The maximum atomic E-state index is 12.8. The number of hydrogen-bond donors (Lipinski definition) is 10. The molecule has 0 aliphatic carbocycles. The molecule has 0 radical (unpaired) electrons. The van der Waals surface area contributed by atoms with Gasteiger partial charge in [-0.1, -0.05) is 0 Å². The van der Waals surface area contributed by atoms with E-state index in [0.717, 1.165) is 0 Å². The molecular weight excluding hydrogens is 544 g/mol. The summed E-state index contributed by atoms with van der Waals surface area (Å²) in [5.74, 6) is -3.89. The zero-order chi connectivity index (χ0) is 31.2. The monoisotopic (exact) mass is 586 g/mol. The maximum Gasteiger partial charge on any atom is 0.243 e. The first-order chi connectivity index (χ1) is 19.4. The van der Waals surface area contributed by atoms with Gasteiger partial charge in [0.05, 0.1) is 26.2 Å². The van der Waals surface area contributed by atoms with E-state index in [2.05, 4.69) is 36.9 Å². The van der Waals surface area contributed by atoms with Gasteiger partial charge in [0.25, 0.3) is 0 Å². The van der Waals surface area contributed by atoms with Gasteiger partial charge in [0.2, 0.25) is 35.4 Å². The Labute approximate surface area is 237 Å². The summed E-state index contributed by atoms with van der Waals surface area (Å²) in [4.78, 5) is 87.0. The van der Waals surface area contributed by atoms with Crippen LogP contribution >= 0.6 is 0 Å². The van der Waals surface area contributed by atoms with Crippen molar-refractivity contribution >= 4 is 47.7 Å². The molecular formula is C23H42N10O8. The SMILES string of the molecule is CC(=O)NCCCC[C@H](NC(=O)CNC(=O)[C@H](CCCN=C(N)N)NC(=O)CNC(=O)[C@@H](N)CO)C(=O)NCC=O. The van der Waals surface area contributed by atoms with Crippen LogP contribution in [0.3, 0.4) is 0 Å². The Balaban J connectivity index is 5.11. The van der Waals surface area contributed by atoms with E-state index in [4.69, 9.17) is 22.3 Å². The molecule has 0 rings (SSSR count). The zero-order valence-corrected chi connectivity index (χ0v) is 23.1. The predicted molar refractivity (Wildman–Crippen MR) is 146 cm³/mol. The summed E-state index contributed by atoms with van der Waals surface area (Å²) in [6.45, 7) is -0.0182. The van der Waals surface area contributed by atoms with Crippen molar-refractivity contribution in [3.05, 3.63) is 0 Å². The molecule has 18 heteroatoms. The number of aliphatic imine (C=N–C) groups is 1. The number of aliphatic hydroxyl groups excluding tert-OH is 1. The van der Waals surface area contributed by atoms with E-state index >= 15 is 0 Å². The van der Waals surface area contributed by atoms with Crippen LogP contribution in [-0.2, 0) is 33.6 Å². The molecule has 0 aliphatic rings. The van der Waals surface area contributed by atoms with Crippen LogP contribution in [-0.4, -0.2) is 110 Å². The summed E-state index contributed by atoms with van der Waals surface area (Å²) in [6.07, 6.45) is 2.06. The molecule has 0 fully saturated rings. The molecule has 18 nitrogen and oxygen atoms in total. The minimum Gasteiger partial charge on any atom is -0.394 e. The number of aldehydes is 1. The number of carbonyl (C=O) groups is 7. The van der Waals surface area contributed by atoms with E-state index in [1.54, 1.807) is 0 Å². The number of nitrogens with one attached hydrogen (secondary N) is 6. The van der Waals surface area contributed by atoms with Crippen molar-refractivity contribution in [2.45, 2.75) is 57.2 Å². The smallest absolute Gasteiger partial charge is 0.243 e. The van der Waals surface area contributed by atoms with Crippen molar-refractivity contribution in [3.63, 3.8) is 0 Å². The molecule has 0 saturated heterocycles. The molecule has 13 N–H and O–H groups in total. The molecule has 0 heterocycles. The molecule has 0 spiro atoms. The van der Waals surface area contributed by atoms with Crippen LogP contribution in [0.5, 0.6) is 0 Å². The molecule has 6 amide bonds. The van der Waals surface area contributed by atoms with Crippen molar-refractivity contribution in [3.8, 4) is 0 Å². The standard InChI is InChI=1S/C23H42N10O8/c1-14(36)27-7-3-2-5-16(21(40)28-9-10-34)32-19(38)12-31-22(41)17(6-4-8-29-23(25)26)33-18(37)11-30-20(39)15(24)13-35/h10,15-17,35H,2-9,11-13,24H2,1H3,(H,27,36)(H,28,40)(H,30,39)(H,31,41)(H,32,38)(H,33,37)(H4,25,26,29)/t15-,16-,17-/m0/s1. The lowest BCUT2D eigenvalue weighted by atomic mass is 10.1. The number of aliphatic hydroxyl groups is 1. The highest BCUT2D eigenvalue weighted by molar-refractivity contribution is 5.93. The van der Waals surface area contributed by atoms with E-state index < -0.39 is 67.4 Å². The lowest BCUT2D eigenvalue weighted by Crippen LogP contribution is -2.53. The summed E-state index contributed by atoms with van der Waals surface area (Å²) in [7, 11) is 0. The van der Waals surface area contributed by atoms with Crippen LogP contribution in [0.25, 0.3) is 0 Å². The number of unbranched alkanes of at least 4 members (excludes halogenated alkanes) is 1. The molecule has 0 aromatic heterocycles. The highest BCUT2D eigenvalue weighted by Crippen LogP contribution is 2.02. The molecule has 0 saturated carbocycles. The lowest BCUT2D eigenvalue weighted by Gasteiger charge is -2.20. The summed E-state index contributed by atoms with van der Waals surface area (Å²) in [5, 5.41) is 23.4. The maximum absolute atomic E-state index is 12.8. The average molecular weight is 587 g/mol. The Bertz CT molecular complexity index is 926. The van der Waals surface area contributed by atoms with Crippen molar-refractivity contribution in [2.24, 2.45) is 22.2 Å². The van der Waals surface area contributed by atoms with E-state index in [-0.39, 0.29) is 44.2 Å². The van der Waals surface area contributed by atoms with Crippen LogP contribution in [0, 0.1) is 0 Å². The summed E-state index contributed by atoms with van der Waals surface area (Å²) in [5.41, 5.74) is 15.9. The van der Waals surface area contributed by atoms with Gasteiger partial charge < -0.3 is 59.0 Å². The molecule has 3 atom stereocenters. The fourth-order valence-corrected chi connectivity index (χ4v) is 3.21. The van der Waals surface area contributed by atoms with Crippen molar-refractivity contribution < 1.29 is 38.7 Å². The second-order valence-corrected chi connectivity index (χ2v) is 8.80. The minimum atomic E-state index is -1.22. The van der Waals surface area contributed by atoms with Crippen molar-refractivity contribution in [2.75, 3.05) is 39.3 Å². The van der Waals surface area contributed by atoms with Gasteiger partial charge in [-0.25, -0.2) is 0 Å². The molecule has 0 aromatic rings. The molecule has 0 bridgehead atoms. The normalized spacial score (nSPS) is 12.5. The third kappa shape index (κ3) is 18.6. The molecule has 41 heavy (non-hydrogen) atoms. The largest absolute Gasteiger partial charge is 0.394 e. The average Bonchev–Trinajstić information content (AvgIpc) is 2.93. The second-order valence-electron chi connectivity index (χ2n) is 8.80. The number of carbonyl (C=O) groups excluding carboxylic acids is 7. The van der Waals surface area contributed by atoms with Crippen LogP contribution in [0.15, 0.2) is 4.99 Å². The molecule has 0 unspecified atom stereocenters. The lowest BCUT2D eigenvalue weighted by molar-refractivity contribution is -0.132. The van der Waals surface area contributed by atoms with Gasteiger partial charge in [-0.2, -0.15) is 0 Å². The number of nitrogens with two attached hydrogens (primary N) is 3. The fraction of sp³-hybridized carbons (Fsp3) is 0.652. The van der Waals surface area contributed by atoms with Crippen LogP contribution < -0.4 is 49.1 Å². The van der Waals surface area contributed by atoms with Crippen LogP contribution in [0.4, 0.5) is 0 Å². The predicted octanol–water partition coefficient (Wildman–Crippen LogP) is -5.82. The number of rotatable bonds is 21. The quantitative estimate of drug-likeness (QED) is 0.0261. The number of nitrogens with zero attached hydrogens (tertiary/aromatic N) is 1. The summed E-state index contributed by atoms with van der Waals surface area (Å²) < 4.78 is 0. The topological polar surface area (TPSA) is 302 Å². The number of amides is 6. The first-order valence-corrected chi connectivity index (χ1v) is 12.9. The van der Waals surface area contributed by atoms with E-state index in [0.29, 0.717) is 25.7 Å². The third-order valence-corrected chi connectivity index (χ3v) is 5.28. The first-order valence-electron chi connectivity index (χ1n) is 12.9. The Hall–Kier alpha value is -4.32. The Kier molecular flexibility index (Phi) is 19.2. The van der Waals surface area contributed by atoms with Gasteiger partial charge in [-0.15, -0.1) is 0 Å². The van der Waals surface area contributed by atoms with Gasteiger partial charge in [0.1, 0.15) is 24.4 Å². The number of guanidine groups is 1. The fourth-order valence-electron chi connectivity index (χ4n) is 3.21. The summed E-state index contributed by atoms with van der Waals surface area (Å²) in [6, 6.07) is -3.35. The third-order valence-electron chi connectivity index (χ3n) is 5.28. The van der Waals surface area contributed by atoms with Gasteiger partial charge in [-0.3, -0.25) is 33.8 Å². The Morgan fingerprint density at radius 2 is 1.34 bits per heavy atom. The van der Waals surface area contributed by atoms with Gasteiger partial charge in [0, 0.05) is 20.0 Å². The highest BCUT2D eigenvalue weighted by atomic mass is 16.3. The Morgan fingerprint density at radius 3 is 1.85 bits per heavy atom. The van der Waals surface area contributed by atoms with E-state index in [1.807, 2.05) is 0 Å². The molecule has 0 aliphatic heterocycles. The van der Waals surface area contributed by atoms with E-state index in [9.17, 15) is 33.6 Å². The highest BCUT2D eigenvalue weighted by Gasteiger charge is 2.24. The second kappa shape index (κ2) is 21.5. The Morgan fingerprint density at radius 1 is 0.805 bits per heavy atom. The van der Waals surface area contributed by atoms with Crippen molar-refractivity contribution in [1.82, 2.24) is 31.9 Å². The van der Waals surface area contributed by atoms with Gasteiger partial charge in [-0.05, 0) is 32.1 Å². The van der Waals surface area contributed by atoms with Crippen molar-refractivity contribution in [1.29, 1.82) is 0 Å². The minimum absolute atomic E-state index is 0.0745. The molecule has 0 aromatic carbocycles. The van der Waals surface area contributed by atoms with Gasteiger partial charge >= 0.3 is 0 Å². The number of hydrogen-bond acceptors (Lipinski definition) is 10. The molecule has 232 valence electrons. The summed E-state index contributed by atoms with van der Waals surface area (Å²) >= 11 is 0. The first kappa shape index (κ1) is 36.7.